The van der Waals surface area contributed by atoms with Crippen LogP contribution in [0.4, 0.5) is 5.69 Å². The number of hydrogen-bond acceptors (Lipinski definition) is 6. The molecule has 4 rings (SSSR count). The zero-order chi connectivity index (χ0) is 25.0. The molecule has 2 heterocycles. The topological polar surface area (TPSA) is 105 Å². The van der Waals surface area contributed by atoms with Gasteiger partial charge in [-0.25, -0.2) is 8.42 Å². The number of aryl methyl sites for hydroxylation is 1. The molecule has 8 nitrogen and oxygen atoms in total. The summed E-state index contributed by atoms with van der Waals surface area (Å²) in [6.45, 7) is 6.46. The Kier molecular flexibility index (Phi) is 7.47. The number of nitrogens with one attached hydrogen (secondary N) is 1. The fourth-order valence-corrected chi connectivity index (χ4v) is 5.22. The maximum atomic E-state index is 13.1. The van der Waals surface area contributed by atoms with Gasteiger partial charge in [0.15, 0.2) is 5.82 Å². The molecule has 0 spiro atoms. The smallest absolute Gasteiger partial charge is 0.260 e. The van der Waals surface area contributed by atoms with Gasteiger partial charge in [0.1, 0.15) is 0 Å². The maximum absolute atomic E-state index is 13.1. The van der Waals surface area contributed by atoms with Crippen molar-refractivity contribution in [2.75, 3.05) is 18.4 Å². The molecular formula is C26H30N4O4S. The van der Waals surface area contributed by atoms with Crippen LogP contribution in [0.5, 0.6) is 0 Å². The molecule has 3 aromatic rings. The van der Waals surface area contributed by atoms with Crippen LogP contribution in [0.1, 0.15) is 49.6 Å². The van der Waals surface area contributed by atoms with E-state index < -0.39 is 10.0 Å². The lowest BCUT2D eigenvalue weighted by Crippen LogP contribution is -2.40. The lowest BCUT2D eigenvalue weighted by atomic mass is 9.96. The second-order valence-electron chi connectivity index (χ2n) is 9.03. The number of piperidine rings is 1. The maximum Gasteiger partial charge on any atom is 0.260 e. The summed E-state index contributed by atoms with van der Waals surface area (Å²) in [5, 5.41) is 8.30. The molecule has 35 heavy (non-hydrogen) atoms. The van der Waals surface area contributed by atoms with Gasteiger partial charge < -0.3 is 9.84 Å². The number of carbonyl (C=O) groups is 1. The van der Waals surface area contributed by atoms with Gasteiger partial charge >= 0.3 is 0 Å². The molecule has 0 unspecified atom stereocenters. The summed E-state index contributed by atoms with van der Waals surface area (Å²) in [5.41, 5.74) is 3.01. The first-order chi connectivity index (χ1) is 16.7. The SMILES string of the molecule is Cc1cccc(-c2nc(C(C)C)no2)c1NC(=O)C1CCN(S(=O)(=O)/C=C/c2ccccc2)CC1. The van der Waals surface area contributed by atoms with Gasteiger partial charge in [-0.2, -0.15) is 9.29 Å². The number of aromatic nitrogens is 2. The lowest BCUT2D eigenvalue weighted by Gasteiger charge is -2.29. The summed E-state index contributed by atoms with van der Waals surface area (Å²) >= 11 is 0. The standard InChI is InChI=1S/C26H30N4O4S/c1-18(2)24-28-26(34-29-24)22-11-7-8-19(3)23(22)27-25(31)21-12-15-30(16-13-21)35(32,33)17-14-20-9-5-4-6-10-20/h4-11,14,17-18,21H,12-13,15-16H2,1-3H3,(H,27,31)/b17-14+. The van der Waals surface area contributed by atoms with Crippen LogP contribution in [0.25, 0.3) is 17.5 Å². The van der Waals surface area contributed by atoms with Gasteiger partial charge in [-0.15, -0.1) is 0 Å². The first-order valence-corrected chi connectivity index (χ1v) is 13.2. The summed E-state index contributed by atoms with van der Waals surface area (Å²) in [6, 6.07) is 14.9. The summed E-state index contributed by atoms with van der Waals surface area (Å²) < 4.78 is 32.4. The quantitative estimate of drug-likeness (QED) is 0.505. The van der Waals surface area contributed by atoms with E-state index in [9.17, 15) is 13.2 Å². The average Bonchev–Trinajstić information content (AvgIpc) is 3.35. The highest BCUT2D eigenvalue weighted by molar-refractivity contribution is 7.92. The average molecular weight is 495 g/mol. The molecule has 2 aromatic carbocycles. The van der Waals surface area contributed by atoms with Gasteiger partial charge in [0.05, 0.1) is 11.3 Å². The van der Waals surface area contributed by atoms with Crippen molar-refractivity contribution in [3.05, 3.63) is 70.9 Å². The minimum absolute atomic E-state index is 0.124. The largest absolute Gasteiger partial charge is 0.334 e. The van der Waals surface area contributed by atoms with Crippen molar-refractivity contribution in [3.8, 4) is 11.5 Å². The third-order valence-electron chi connectivity index (χ3n) is 6.13. The Hall–Kier alpha value is -3.30. The van der Waals surface area contributed by atoms with Gasteiger partial charge in [0, 0.05) is 30.3 Å². The normalized spacial score (nSPS) is 15.7. The van der Waals surface area contributed by atoms with E-state index in [1.165, 1.54) is 9.71 Å². The van der Waals surface area contributed by atoms with E-state index in [-0.39, 0.29) is 17.7 Å². The molecule has 1 amide bonds. The number of hydrogen-bond donors (Lipinski definition) is 1. The van der Waals surface area contributed by atoms with E-state index in [0.717, 1.165) is 11.1 Å². The van der Waals surface area contributed by atoms with Gasteiger partial charge in [0.2, 0.25) is 15.9 Å². The van der Waals surface area contributed by atoms with Crippen molar-refractivity contribution in [1.82, 2.24) is 14.4 Å². The minimum Gasteiger partial charge on any atom is -0.334 e. The van der Waals surface area contributed by atoms with Crippen molar-refractivity contribution in [1.29, 1.82) is 0 Å². The van der Waals surface area contributed by atoms with Crippen LogP contribution >= 0.6 is 0 Å². The first kappa shape index (κ1) is 24.8. The third-order valence-corrected chi connectivity index (χ3v) is 7.69. The highest BCUT2D eigenvalue weighted by Crippen LogP contribution is 2.32. The molecule has 0 bridgehead atoms. The van der Waals surface area contributed by atoms with Gasteiger partial charge in [-0.1, -0.05) is 61.5 Å². The second kappa shape index (κ2) is 10.5. The van der Waals surface area contributed by atoms with E-state index in [0.29, 0.717) is 48.9 Å². The van der Waals surface area contributed by atoms with Crippen molar-refractivity contribution in [3.63, 3.8) is 0 Å². The van der Waals surface area contributed by atoms with Gasteiger partial charge in [-0.3, -0.25) is 4.79 Å². The molecule has 1 fully saturated rings. The molecule has 184 valence electrons. The summed E-state index contributed by atoms with van der Waals surface area (Å²) in [4.78, 5) is 17.6. The Bertz CT molecular complexity index is 1310. The number of benzene rings is 2. The zero-order valence-electron chi connectivity index (χ0n) is 20.1. The number of rotatable bonds is 7. The molecule has 1 N–H and O–H groups in total. The molecular weight excluding hydrogens is 464 g/mol. The molecule has 9 heteroatoms. The Labute approximate surface area is 206 Å². The highest BCUT2D eigenvalue weighted by Gasteiger charge is 2.30. The van der Waals surface area contributed by atoms with Gasteiger partial charge in [-0.05, 0) is 43.0 Å². The Morgan fingerprint density at radius 3 is 2.49 bits per heavy atom. The fourth-order valence-electron chi connectivity index (χ4n) is 4.00. The molecule has 1 aliphatic heterocycles. The summed E-state index contributed by atoms with van der Waals surface area (Å²) in [5.74, 6) is 0.661. The fraction of sp³-hybridized carbons (Fsp3) is 0.346. The molecule has 1 aromatic heterocycles. The van der Waals surface area contributed by atoms with E-state index in [2.05, 4.69) is 15.5 Å². The van der Waals surface area contributed by atoms with Gasteiger partial charge in [0.25, 0.3) is 5.89 Å². The Balaban J connectivity index is 1.42. The monoisotopic (exact) mass is 494 g/mol. The Morgan fingerprint density at radius 2 is 1.83 bits per heavy atom. The van der Waals surface area contributed by atoms with Crippen molar-refractivity contribution >= 4 is 27.7 Å². The minimum atomic E-state index is -3.55. The number of nitrogens with zero attached hydrogens (tertiary/aromatic N) is 3. The van der Waals surface area contributed by atoms with Crippen LogP contribution in [-0.2, 0) is 14.8 Å². The molecule has 0 aliphatic carbocycles. The van der Waals surface area contributed by atoms with Crippen LogP contribution in [0, 0.1) is 12.8 Å². The van der Waals surface area contributed by atoms with E-state index >= 15 is 0 Å². The predicted molar refractivity (Wildman–Crippen MR) is 136 cm³/mol. The lowest BCUT2D eigenvalue weighted by molar-refractivity contribution is -0.120. The number of carbonyl (C=O) groups excluding carboxylic acids is 1. The van der Waals surface area contributed by atoms with Crippen LogP contribution in [0.15, 0.2) is 58.5 Å². The number of para-hydroxylation sites is 1. The van der Waals surface area contributed by atoms with E-state index in [4.69, 9.17) is 4.52 Å². The molecule has 0 atom stereocenters. The number of anilines is 1. The van der Waals surface area contributed by atoms with Crippen molar-refractivity contribution in [2.45, 2.75) is 39.5 Å². The molecule has 1 saturated heterocycles. The number of sulfonamides is 1. The van der Waals surface area contributed by atoms with Crippen molar-refractivity contribution < 1.29 is 17.7 Å². The first-order valence-electron chi connectivity index (χ1n) is 11.7. The van der Waals surface area contributed by atoms with Crippen molar-refractivity contribution in [2.24, 2.45) is 5.92 Å². The van der Waals surface area contributed by atoms with Crippen LogP contribution < -0.4 is 5.32 Å². The van der Waals surface area contributed by atoms with Crippen LogP contribution in [0.2, 0.25) is 0 Å². The third kappa shape index (κ3) is 5.86. The summed E-state index contributed by atoms with van der Waals surface area (Å²) in [6.07, 6.45) is 2.49. The molecule has 0 saturated carbocycles. The van der Waals surface area contributed by atoms with Crippen LogP contribution in [0.3, 0.4) is 0 Å². The predicted octanol–water partition coefficient (Wildman–Crippen LogP) is 4.82. The zero-order valence-corrected chi connectivity index (χ0v) is 21.0. The highest BCUT2D eigenvalue weighted by atomic mass is 32.2. The van der Waals surface area contributed by atoms with E-state index in [1.807, 2.05) is 69.3 Å². The van der Waals surface area contributed by atoms with Crippen LogP contribution in [-0.4, -0.2) is 41.9 Å². The Morgan fingerprint density at radius 1 is 1.11 bits per heavy atom. The second-order valence-corrected chi connectivity index (χ2v) is 10.8. The number of amides is 1. The summed E-state index contributed by atoms with van der Waals surface area (Å²) in [7, 11) is -3.55. The molecule has 1 aliphatic rings. The van der Waals surface area contributed by atoms with E-state index in [1.54, 1.807) is 6.08 Å². The molecule has 0 radical (unpaired) electrons.